The molecule has 3 rings (SSSR count). The Morgan fingerprint density at radius 3 is 2.95 bits per heavy atom. The van der Waals surface area contributed by atoms with Crippen molar-refractivity contribution < 1.29 is 18.7 Å². The normalized spacial score (nSPS) is 17.0. The van der Waals surface area contributed by atoms with Crippen molar-refractivity contribution in [3.63, 3.8) is 0 Å². The van der Waals surface area contributed by atoms with Crippen molar-refractivity contribution in [3.8, 4) is 5.75 Å². The molecule has 2 aromatic rings. The SMILES string of the molecule is COCc1ccc(C(=O)C2Cc3ccccc3O2)o1. The molecule has 4 nitrogen and oxygen atoms in total. The molecule has 0 saturated carbocycles. The van der Waals surface area contributed by atoms with Crippen LogP contribution in [0.4, 0.5) is 0 Å². The number of carbonyl (C=O) groups excluding carboxylic acids is 1. The summed E-state index contributed by atoms with van der Waals surface area (Å²) in [7, 11) is 1.58. The van der Waals surface area contributed by atoms with Crippen molar-refractivity contribution in [1.29, 1.82) is 0 Å². The maximum Gasteiger partial charge on any atom is 0.238 e. The molecule has 0 saturated heterocycles. The number of fused-ring (bicyclic) bond motifs is 1. The van der Waals surface area contributed by atoms with Crippen LogP contribution in [-0.4, -0.2) is 19.0 Å². The van der Waals surface area contributed by atoms with Crippen molar-refractivity contribution in [2.45, 2.75) is 19.1 Å². The summed E-state index contributed by atoms with van der Waals surface area (Å²) in [6.45, 7) is 0.360. The molecular formula is C15H14O4. The van der Waals surface area contributed by atoms with Crippen LogP contribution in [0, 0.1) is 0 Å². The third-order valence-electron chi connectivity index (χ3n) is 3.13. The van der Waals surface area contributed by atoms with Crippen LogP contribution in [0.2, 0.25) is 0 Å². The van der Waals surface area contributed by atoms with Gasteiger partial charge in [-0.2, -0.15) is 0 Å². The lowest BCUT2D eigenvalue weighted by molar-refractivity contribution is 0.0787. The molecule has 1 atom stereocenters. The van der Waals surface area contributed by atoms with E-state index in [1.54, 1.807) is 19.2 Å². The fourth-order valence-corrected chi connectivity index (χ4v) is 2.22. The van der Waals surface area contributed by atoms with Gasteiger partial charge >= 0.3 is 0 Å². The van der Waals surface area contributed by atoms with Gasteiger partial charge in [-0.25, -0.2) is 0 Å². The van der Waals surface area contributed by atoms with Crippen molar-refractivity contribution >= 4 is 5.78 Å². The summed E-state index contributed by atoms with van der Waals surface area (Å²) in [4.78, 5) is 12.3. The Hall–Kier alpha value is -2.07. The largest absolute Gasteiger partial charge is 0.481 e. The van der Waals surface area contributed by atoms with Crippen molar-refractivity contribution in [1.82, 2.24) is 0 Å². The van der Waals surface area contributed by atoms with Gasteiger partial charge in [0, 0.05) is 13.5 Å². The van der Waals surface area contributed by atoms with Gasteiger partial charge in [0.2, 0.25) is 5.78 Å². The fourth-order valence-electron chi connectivity index (χ4n) is 2.22. The number of hydrogen-bond acceptors (Lipinski definition) is 4. The quantitative estimate of drug-likeness (QED) is 0.791. The smallest absolute Gasteiger partial charge is 0.238 e. The summed E-state index contributed by atoms with van der Waals surface area (Å²) >= 11 is 0. The number of benzene rings is 1. The summed E-state index contributed by atoms with van der Waals surface area (Å²) in [5.41, 5.74) is 1.06. The van der Waals surface area contributed by atoms with E-state index in [9.17, 15) is 4.79 Å². The second-order valence-corrected chi connectivity index (χ2v) is 4.48. The Labute approximate surface area is 110 Å². The average Bonchev–Trinajstić information content (AvgIpc) is 3.04. The molecule has 4 heteroatoms. The molecule has 98 valence electrons. The highest BCUT2D eigenvalue weighted by Crippen LogP contribution is 2.29. The number of rotatable bonds is 4. The maximum atomic E-state index is 12.3. The lowest BCUT2D eigenvalue weighted by atomic mass is 10.1. The van der Waals surface area contributed by atoms with E-state index < -0.39 is 6.10 Å². The summed E-state index contributed by atoms with van der Waals surface area (Å²) < 4.78 is 16.1. The average molecular weight is 258 g/mol. The van der Waals surface area contributed by atoms with Crippen LogP contribution in [0.3, 0.4) is 0 Å². The molecule has 0 N–H and O–H groups in total. The summed E-state index contributed by atoms with van der Waals surface area (Å²) in [5.74, 6) is 1.62. The number of furan rings is 1. The van der Waals surface area contributed by atoms with Crippen LogP contribution in [0.25, 0.3) is 0 Å². The number of ketones is 1. The minimum Gasteiger partial charge on any atom is -0.481 e. The third kappa shape index (κ3) is 2.27. The number of ether oxygens (including phenoxy) is 2. The number of Topliss-reactive ketones (excluding diaryl/α,β-unsaturated/α-hetero) is 1. The minimum atomic E-state index is -0.487. The van der Waals surface area contributed by atoms with E-state index in [2.05, 4.69) is 0 Å². The standard InChI is InChI=1S/C15H14O4/c1-17-9-11-6-7-13(18-11)15(16)14-8-10-4-2-3-5-12(10)19-14/h2-7,14H,8-9H2,1H3. The summed E-state index contributed by atoms with van der Waals surface area (Å²) in [6.07, 6.45) is 0.105. The van der Waals surface area contributed by atoms with E-state index >= 15 is 0 Å². The first-order valence-electron chi connectivity index (χ1n) is 6.14. The summed E-state index contributed by atoms with van der Waals surface area (Å²) in [5, 5.41) is 0. The molecule has 2 heterocycles. The van der Waals surface area contributed by atoms with Crippen LogP contribution in [0.5, 0.6) is 5.75 Å². The van der Waals surface area contributed by atoms with Crippen molar-refractivity contribution in [2.75, 3.05) is 7.11 Å². The monoisotopic (exact) mass is 258 g/mol. The van der Waals surface area contributed by atoms with Crippen LogP contribution >= 0.6 is 0 Å². The molecule has 0 fully saturated rings. The highest BCUT2D eigenvalue weighted by atomic mass is 16.5. The fraction of sp³-hybridized carbons (Fsp3) is 0.267. The van der Waals surface area contributed by atoms with Gasteiger partial charge in [-0.05, 0) is 23.8 Å². The van der Waals surface area contributed by atoms with E-state index in [0.29, 0.717) is 24.5 Å². The molecule has 0 bridgehead atoms. The molecule has 0 aliphatic carbocycles. The molecule has 1 unspecified atom stereocenters. The van der Waals surface area contributed by atoms with E-state index in [1.165, 1.54) is 0 Å². The lowest BCUT2D eigenvalue weighted by Gasteiger charge is -2.07. The van der Waals surface area contributed by atoms with E-state index in [4.69, 9.17) is 13.9 Å². The molecule has 0 amide bonds. The van der Waals surface area contributed by atoms with E-state index in [-0.39, 0.29) is 5.78 Å². The summed E-state index contributed by atoms with van der Waals surface area (Å²) in [6, 6.07) is 11.1. The predicted molar refractivity (Wildman–Crippen MR) is 68.3 cm³/mol. The molecule has 0 radical (unpaired) electrons. The van der Waals surface area contributed by atoms with Gasteiger partial charge in [-0.1, -0.05) is 18.2 Å². The first kappa shape index (κ1) is 12.0. The molecule has 1 aliphatic rings. The van der Waals surface area contributed by atoms with Crippen molar-refractivity contribution in [2.24, 2.45) is 0 Å². The van der Waals surface area contributed by atoms with Gasteiger partial charge in [-0.3, -0.25) is 4.79 Å². The zero-order chi connectivity index (χ0) is 13.2. The Kier molecular flexibility index (Phi) is 3.09. The van der Waals surface area contributed by atoms with E-state index in [0.717, 1.165) is 11.3 Å². The first-order valence-corrected chi connectivity index (χ1v) is 6.14. The third-order valence-corrected chi connectivity index (χ3v) is 3.13. The zero-order valence-electron chi connectivity index (χ0n) is 10.6. The van der Waals surface area contributed by atoms with Crippen LogP contribution in [-0.2, 0) is 17.8 Å². The first-order chi connectivity index (χ1) is 9.28. The Balaban J connectivity index is 1.75. The Morgan fingerprint density at radius 1 is 1.32 bits per heavy atom. The topological polar surface area (TPSA) is 48.7 Å². The van der Waals surface area contributed by atoms with Gasteiger partial charge in [-0.15, -0.1) is 0 Å². The van der Waals surface area contributed by atoms with Gasteiger partial charge in [0.1, 0.15) is 18.1 Å². The molecule has 1 aliphatic heterocycles. The van der Waals surface area contributed by atoms with E-state index in [1.807, 2.05) is 24.3 Å². The van der Waals surface area contributed by atoms with Gasteiger partial charge in [0.15, 0.2) is 11.9 Å². The number of methoxy groups -OCH3 is 1. The Morgan fingerprint density at radius 2 is 2.16 bits per heavy atom. The number of hydrogen-bond donors (Lipinski definition) is 0. The van der Waals surface area contributed by atoms with Crippen LogP contribution < -0.4 is 4.74 Å². The van der Waals surface area contributed by atoms with Crippen LogP contribution in [0.15, 0.2) is 40.8 Å². The van der Waals surface area contributed by atoms with Crippen molar-refractivity contribution in [3.05, 3.63) is 53.5 Å². The predicted octanol–water partition coefficient (Wildman–Crippen LogP) is 2.61. The second kappa shape index (κ2) is 4.90. The second-order valence-electron chi connectivity index (χ2n) is 4.48. The minimum absolute atomic E-state index is 0.126. The zero-order valence-corrected chi connectivity index (χ0v) is 10.6. The van der Waals surface area contributed by atoms with Gasteiger partial charge in [0.25, 0.3) is 0 Å². The highest BCUT2D eigenvalue weighted by molar-refractivity contribution is 5.98. The molecule has 19 heavy (non-hydrogen) atoms. The molecule has 1 aromatic heterocycles. The van der Waals surface area contributed by atoms with Gasteiger partial charge in [0.05, 0.1) is 0 Å². The van der Waals surface area contributed by atoms with Gasteiger partial charge < -0.3 is 13.9 Å². The van der Waals surface area contributed by atoms with Crippen LogP contribution in [0.1, 0.15) is 21.9 Å². The number of para-hydroxylation sites is 1. The highest BCUT2D eigenvalue weighted by Gasteiger charge is 2.31. The lowest BCUT2D eigenvalue weighted by Crippen LogP contribution is -2.24. The number of carbonyl (C=O) groups is 1. The Bertz CT molecular complexity index is 575. The molecule has 1 aromatic carbocycles. The molecular weight excluding hydrogens is 244 g/mol. The maximum absolute atomic E-state index is 12.3. The molecule has 0 spiro atoms.